The number of aliphatic hydroxyl groups is 1. The van der Waals surface area contributed by atoms with Crippen molar-refractivity contribution < 1.29 is 35.1 Å². The van der Waals surface area contributed by atoms with Gasteiger partial charge in [0.25, 0.3) is 0 Å². The highest BCUT2D eigenvalue weighted by Crippen LogP contribution is 2.45. The van der Waals surface area contributed by atoms with Crippen molar-refractivity contribution in [3.63, 3.8) is 0 Å². The predicted octanol–water partition coefficient (Wildman–Crippen LogP) is 2.17. The van der Waals surface area contributed by atoms with E-state index in [1.54, 1.807) is 0 Å². The quantitative estimate of drug-likeness (QED) is 0.495. The Bertz CT molecular complexity index is 953. The first-order valence-corrected chi connectivity index (χ1v) is 9.57. The van der Waals surface area contributed by atoms with Crippen LogP contribution in [-0.2, 0) is 6.54 Å². The molecule has 8 nitrogen and oxygen atoms in total. The van der Waals surface area contributed by atoms with E-state index in [2.05, 4.69) is 4.90 Å². The lowest BCUT2D eigenvalue weighted by Crippen LogP contribution is -2.36. The number of hydrogen-bond donors (Lipinski definition) is 5. The van der Waals surface area contributed by atoms with Gasteiger partial charge in [-0.1, -0.05) is 12.5 Å². The van der Waals surface area contributed by atoms with Gasteiger partial charge in [-0.05, 0) is 43.6 Å². The fourth-order valence-corrected chi connectivity index (χ4v) is 3.95. The van der Waals surface area contributed by atoms with E-state index in [1.165, 1.54) is 24.3 Å². The molecule has 5 N–H and O–H groups in total. The number of hydrogen-bond acceptors (Lipinski definition) is 8. The Morgan fingerprint density at radius 1 is 0.966 bits per heavy atom. The number of rotatable bonds is 3. The molecule has 0 aliphatic carbocycles. The number of aromatic hydroxyl groups is 4. The van der Waals surface area contributed by atoms with Gasteiger partial charge in [-0.3, -0.25) is 9.69 Å². The average Bonchev–Trinajstić information content (AvgIpc) is 2.70. The molecule has 0 amide bonds. The van der Waals surface area contributed by atoms with E-state index in [9.17, 15) is 30.3 Å². The number of fused-ring (bicyclic) bond motifs is 1. The van der Waals surface area contributed by atoms with Gasteiger partial charge in [0.1, 0.15) is 22.8 Å². The van der Waals surface area contributed by atoms with Crippen LogP contribution in [0.5, 0.6) is 28.7 Å². The van der Waals surface area contributed by atoms with Gasteiger partial charge in [-0.15, -0.1) is 0 Å². The van der Waals surface area contributed by atoms with E-state index in [4.69, 9.17) is 4.74 Å². The highest BCUT2D eigenvalue weighted by molar-refractivity contribution is 6.06. The van der Waals surface area contributed by atoms with Gasteiger partial charge >= 0.3 is 0 Å². The Kier molecular flexibility index (Phi) is 4.97. The summed E-state index contributed by atoms with van der Waals surface area (Å²) in [5, 5.41) is 50.8. The lowest BCUT2D eigenvalue weighted by molar-refractivity contribution is 0.0209. The molecule has 1 saturated heterocycles. The van der Waals surface area contributed by atoms with Crippen LogP contribution >= 0.6 is 0 Å². The molecule has 0 bridgehead atoms. The van der Waals surface area contributed by atoms with Crippen LogP contribution in [0, 0.1) is 0 Å². The number of carbonyl (C=O) groups is 1. The van der Waals surface area contributed by atoms with E-state index in [0.717, 1.165) is 32.4 Å². The zero-order valence-corrected chi connectivity index (χ0v) is 15.7. The number of aliphatic hydroxyl groups excluding tert-OH is 1. The standard InChI is InChI=1S/C21H23NO7/c23-13-5-4-11(8-15(13)25)21-20(28)19(27)17-16(29-21)9-14(24)12(18(17)26)10-22-6-2-1-3-7-22/h4-5,8-9,20-21,23-26,28H,1-3,6-7,10H2. The van der Waals surface area contributed by atoms with Gasteiger partial charge in [0.15, 0.2) is 23.7 Å². The first kappa shape index (κ1) is 19.4. The molecular formula is C21H23NO7. The zero-order valence-electron chi connectivity index (χ0n) is 15.7. The molecule has 154 valence electrons. The Balaban J connectivity index is 1.69. The van der Waals surface area contributed by atoms with Gasteiger partial charge in [0.2, 0.25) is 5.78 Å². The number of piperidine rings is 1. The van der Waals surface area contributed by atoms with Crippen molar-refractivity contribution in [2.45, 2.75) is 38.0 Å². The van der Waals surface area contributed by atoms with Crippen molar-refractivity contribution >= 4 is 5.78 Å². The van der Waals surface area contributed by atoms with Crippen molar-refractivity contribution in [3.8, 4) is 28.7 Å². The second-order valence-electron chi connectivity index (χ2n) is 7.53. The van der Waals surface area contributed by atoms with E-state index >= 15 is 0 Å². The first-order valence-electron chi connectivity index (χ1n) is 9.57. The van der Waals surface area contributed by atoms with Crippen molar-refractivity contribution in [1.29, 1.82) is 0 Å². The molecule has 2 aliphatic heterocycles. The summed E-state index contributed by atoms with van der Waals surface area (Å²) in [5.74, 6) is -2.12. The van der Waals surface area contributed by atoms with Crippen LogP contribution in [0.15, 0.2) is 24.3 Å². The SMILES string of the molecule is O=C1c2c(cc(O)c(CN3CCCCC3)c2O)OC(c2ccc(O)c(O)c2)C1O. The predicted molar refractivity (Wildman–Crippen MR) is 102 cm³/mol. The van der Waals surface area contributed by atoms with Crippen LogP contribution < -0.4 is 4.74 Å². The number of phenols is 4. The smallest absolute Gasteiger partial charge is 0.202 e. The van der Waals surface area contributed by atoms with Gasteiger partial charge in [0, 0.05) is 12.6 Å². The van der Waals surface area contributed by atoms with Crippen molar-refractivity contribution in [3.05, 3.63) is 41.0 Å². The van der Waals surface area contributed by atoms with Gasteiger partial charge in [-0.2, -0.15) is 0 Å². The Labute approximate surface area is 167 Å². The molecule has 2 aliphatic rings. The van der Waals surface area contributed by atoms with Crippen LogP contribution in [-0.4, -0.2) is 55.4 Å². The molecule has 1 fully saturated rings. The zero-order chi connectivity index (χ0) is 20.7. The Morgan fingerprint density at radius 3 is 2.38 bits per heavy atom. The molecule has 29 heavy (non-hydrogen) atoms. The van der Waals surface area contributed by atoms with E-state index in [0.29, 0.717) is 6.54 Å². The Morgan fingerprint density at radius 2 is 1.69 bits per heavy atom. The third-order valence-corrected chi connectivity index (χ3v) is 5.56. The number of benzene rings is 2. The number of nitrogens with zero attached hydrogens (tertiary/aromatic N) is 1. The average molecular weight is 401 g/mol. The van der Waals surface area contributed by atoms with E-state index in [-0.39, 0.29) is 39.7 Å². The minimum atomic E-state index is -1.62. The number of Topliss-reactive ketones (excluding diaryl/α,β-unsaturated/α-hetero) is 1. The maximum absolute atomic E-state index is 12.8. The highest BCUT2D eigenvalue weighted by Gasteiger charge is 2.40. The maximum Gasteiger partial charge on any atom is 0.202 e. The number of likely N-dealkylation sites (tertiary alicyclic amines) is 1. The molecule has 2 aromatic rings. The van der Waals surface area contributed by atoms with Crippen molar-refractivity contribution in [2.24, 2.45) is 0 Å². The molecule has 4 rings (SSSR count). The molecule has 0 saturated carbocycles. The second-order valence-corrected chi connectivity index (χ2v) is 7.53. The minimum Gasteiger partial charge on any atom is -0.507 e. The molecule has 0 radical (unpaired) electrons. The van der Waals surface area contributed by atoms with Gasteiger partial charge < -0.3 is 30.3 Å². The number of carbonyl (C=O) groups excluding carboxylic acids is 1. The molecule has 8 heteroatoms. The topological polar surface area (TPSA) is 131 Å². The fraction of sp³-hybridized carbons (Fsp3) is 0.381. The molecular weight excluding hydrogens is 378 g/mol. The van der Waals surface area contributed by atoms with E-state index in [1.807, 2.05) is 0 Å². The van der Waals surface area contributed by atoms with Crippen molar-refractivity contribution in [1.82, 2.24) is 4.90 Å². The third-order valence-electron chi connectivity index (χ3n) is 5.56. The van der Waals surface area contributed by atoms with E-state index < -0.39 is 23.7 Å². The van der Waals surface area contributed by atoms with Crippen LogP contribution in [0.25, 0.3) is 0 Å². The summed E-state index contributed by atoms with van der Waals surface area (Å²) in [4.78, 5) is 14.9. The summed E-state index contributed by atoms with van der Waals surface area (Å²) < 4.78 is 5.70. The summed E-state index contributed by atoms with van der Waals surface area (Å²) in [7, 11) is 0. The molecule has 2 heterocycles. The summed E-state index contributed by atoms with van der Waals surface area (Å²) in [6.45, 7) is 1.98. The molecule has 0 aromatic heterocycles. The monoisotopic (exact) mass is 401 g/mol. The maximum atomic E-state index is 12.8. The number of ketones is 1. The van der Waals surface area contributed by atoms with Gasteiger partial charge in [0.05, 0.1) is 5.56 Å². The minimum absolute atomic E-state index is 0.0461. The highest BCUT2D eigenvalue weighted by atomic mass is 16.5. The lowest BCUT2D eigenvalue weighted by Gasteiger charge is -2.32. The van der Waals surface area contributed by atoms with Crippen LogP contribution in [0.4, 0.5) is 0 Å². The molecule has 2 aromatic carbocycles. The Hall–Kier alpha value is -2.97. The van der Waals surface area contributed by atoms with Crippen LogP contribution in [0.1, 0.15) is 46.9 Å². The second kappa shape index (κ2) is 7.46. The molecule has 0 spiro atoms. The van der Waals surface area contributed by atoms with Crippen molar-refractivity contribution in [2.75, 3.05) is 13.1 Å². The normalized spacial score (nSPS) is 22.2. The summed E-state index contributed by atoms with van der Waals surface area (Å²) in [6.07, 6.45) is 0.437. The third kappa shape index (κ3) is 3.45. The van der Waals surface area contributed by atoms with Crippen LogP contribution in [0.2, 0.25) is 0 Å². The van der Waals surface area contributed by atoms with Crippen LogP contribution in [0.3, 0.4) is 0 Å². The summed E-state index contributed by atoms with van der Waals surface area (Å²) in [5.41, 5.74) is 0.334. The number of phenolic OH excluding ortho intramolecular Hbond substituents is 4. The largest absolute Gasteiger partial charge is 0.507 e. The molecule has 2 atom stereocenters. The van der Waals surface area contributed by atoms with Gasteiger partial charge in [-0.25, -0.2) is 0 Å². The lowest BCUT2D eigenvalue weighted by atomic mass is 9.91. The summed E-state index contributed by atoms with van der Waals surface area (Å²) >= 11 is 0. The first-order chi connectivity index (χ1) is 13.9. The number of ether oxygens (including phenoxy) is 1. The fourth-order valence-electron chi connectivity index (χ4n) is 3.95. The molecule has 2 unspecified atom stereocenters. The summed E-state index contributed by atoms with van der Waals surface area (Å²) in [6, 6.07) is 5.08.